The summed E-state index contributed by atoms with van der Waals surface area (Å²) in [6.07, 6.45) is 10.0. The average Bonchev–Trinajstić information content (AvgIpc) is 3.07. The standard InChI is InChI=1S/C20H20BrN3S/c21-16-10-8-15(9-11-16)19-14-25-20(23-17-5-4-12-22-13-17)24(19)18-6-2-1-3-7-18/h4-5,8-14,18H,1-3,6-7H2. The van der Waals surface area contributed by atoms with Crippen molar-refractivity contribution in [1.29, 1.82) is 0 Å². The highest BCUT2D eigenvalue weighted by Crippen LogP contribution is 2.32. The predicted molar refractivity (Wildman–Crippen MR) is 107 cm³/mol. The van der Waals surface area contributed by atoms with Crippen molar-refractivity contribution in [3.05, 3.63) is 63.4 Å². The fourth-order valence-corrected chi connectivity index (χ4v) is 4.71. The molecule has 0 spiro atoms. The zero-order chi connectivity index (χ0) is 17.1. The van der Waals surface area contributed by atoms with Crippen LogP contribution in [0.25, 0.3) is 11.3 Å². The SMILES string of the molecule is Brc1ccc(-c2csc(=Nc3cccnc3)n2C2CCCCC2)cc1. The number of rotatable bonds is 3. The molecule has 0 N–H and O–H groups in total. The molecule has 1 fully saturated rings. The van der Waals surface area contributed by atoms with Gasteiger partial charge in [-0.1, -0.05) is 47.3 Å². The summed E-state index contributed by atoms with van der Waals surface area (Å²) in [7, 11) is 0. The molecule has 0 saturated heterocycles. The third-order valence-electron chi connectivity index (χ3n) is 4.69. The second-order valence-electron chi connectivity index (χ2n) is 6.40. The predicted octanol–water partition coefficient (Wildman–Crippen LogP) is 6.11. The van der Waals surface area contributed by atoms with Gasteiger partial charge in [-0.3, -0.25) is 4.98 Å². The zero-order valence-electron chi connectivity index (χ0n) is 13.9. The van der Waals surface area contributed by atoms with E-state index < -0.39 is 0 Å². The van der Waals surface area contributed by atoms with Crippen LogP contribution in [-0.4, -0.2) is 9.55 Å². The van der Waals surface area contributed by atoms with Crippen LogP contribution in [0, 0.1) is 0 Å². The van der Waals surface area contributed by atoms with Gasteiger partial charge in [-0.2, -0.15) is 0 Å². The van der Waals surface area contributed by atoms with Crippen molar-refractivity contribution in [2.45, 2.75) is 38.1 Å². The Balaban J connectivity index is 1.84. The maximum Gasteiger partial charge on any atom is 0.190 e. The molecule has 0 amide bonds. The Hall–Kier alpha value is -1.72. The van der Waals surface area contributed by atoms with Gasteiger partial charge in [0.2, 0.25) is 0 Å². The van der Waals surface area contributed by atoms with Crippen LogP contribution in [0.1, 0.15) is 38.1 Å². The summed E-state index contributed by atoms with van der Waals surface area (Å²) in [5.41, 5.74) is 3.43. The van der Waals surface area contributed by atoms with E-state index in [0.29, 0.717) is 6.04 Å². The quantitative estimate of drug-likeness (QED) is 0.509. The lowest BCUT2D eigenvalue weighted by molar-refractivity contribution is 0.351. The van der Waals surface area contributed by atoms with Gasteiger partial charge in [-0.25, -0.2) is 4.99 Å². The minimum Gasteiger partial charge on any atom is -0.313 e. The largest absolute Gasteiger partial charge is 0.313 e. The fourth-order valence-electron chi connectivity index (χ4n) is 3.46. The molecule has 25 heavy (non-hydrogen) atoms. The van der Waals surface area contributed by atoms with E-state index in [-0.39, 0.29) is 0 Å². The molecule has 5 heteroatoms. The van der Waals surface area contributed by atoms with Crippen LogP contribution in [0.2, 0.25) is 0 Å². The molecular weight excluding hydrogens is 394 g/mol. The van der Waals surface area contributed by atoms with Gasteiger partial charge >= 0.3 is 0 Å². The highest BCUT2D eigenvalue weighted by atomic mass is 79.9. The van der Waals surface area contributed by atoms with Gasteiger partial charge in [0.25, 0.3) is 0 Å². The maximum absolute atomic E-state index is 4.89. The van der Waals surface area contributed by atoms with Gasteiger partial charge in [-0.05, 0) is 42.7 Å². The molecule has 0 bridgehead atoms. The Bertz CT molecular complexity index is 891. The molecule has 3 nitrogen and oxygen atoms in total. The van der Waals surface area contributed by atoms with Gasteiger partial charge in [0.15, 0.2) is 4.80 Å². The number of hydrogen-bond acceptors (Lipinski definition) is 3. The molecule has 1 aliphatic carbocycles. The van der Waals surface area contributed by atoms with E-state index in [1.54, 1.807) is 17.5 Å². The molecule has 0 radical (unpaired) electrons. The summed E-state index contributed by atoms with van der Waals surface area (Å²) < 4.78 is 3.57. The van der Waals surface area contributed by atoms with Crippen molar-refractivity contribution in [3.63, 3.8) is 0 Å². The lowest BCUT2D eigenvalue weighted by Crippen LogP contribution is -2.23. The van der Waals surface area contributed by atoms with Crippen LogP contribution < -0.4 is 4.80 Å². The first kappa shape index (κ1) is 16.7. The van der Waals surface area contributed by atoms with E-state index in [0.717, 1.165) is 15.0 Å². The summed E-state index contributed by atoms with van der Waals surface area (Å²) in [6, 6.07) is 13.1. The lowest BCUT2D eigenvalue weighted by Gasteiger charge is -2.25. The van der Waals surface area contributed by atoms with Gasteiger partial charge in [-0.15, -0.1) is 11.3 Å². The highest BCUT2D eigenvalue weighted by Gasteiger charge is 2.20. The molecule has 0 atom stereocenters. The minimum absolute atomic E-state index is 0.536. The van der Waals surface area contributed by atoms with Crippen molar-refractivity contribution in [1.82, 2.24) is 9.55 Å². The van der Waals surface area contributed by atoms with Crippen LogP contribution in [0.5, 0.6) is 0 Å². The minimum atomic E-state index is 0.536. The third-order valence-corrected chi connectivity index (χ3v) is 6.06. The summed E-state index contributed by atoms with van der Waals surface area (Å²) >= 11 is 5.25. The molecule has 0 unspecified atom stereocenters. The Morgan fingerprint density at radius 2 is 1.88 bits per heavy atom. The topological polar surface area (TPSA) is 30.2 Å². The second-order valence-corrected chi connectivity index (χ2v) is 8.15. The molecular formula is C20H20BrN3S. The van der Waals surface area contributed by atoms with E-state index >= 15 is 0 Å². The summed E-state index contributed by atoms with van der Waals surface area (Å²) in [6.45, 7) is 0. The first-order valence-corrected chi connectivity index (χ1v) is 10.4. The van der Waals surface area contributed by atoms with E-state index in [1.165, 1.54) is 43.4 Å². The highest BCUT2D eigenvalue weighted by molar-refractivity contribution is 9.10. The van der Waals surface area contributed by atoms with E-state index in [2.05, 4.69) is 55.1 Å². The van der Waals surface area contributed by atoms with Gasteiger partial charge < -0.3 is 4.57 Å². The molecule has 1 aromatic carbocycles. The van der Waals surface area contributed by atoms with E-state index in [4.69, 9.17) is 4.99 Å². The number of halogens is 1. The first-order chi connectivity index (χ1) is 12.3. The number of aromatic nitrogens is 2. The Morgan fingerprint density at radius 3 is 2.60 bits per heavy atom. The van der Waals surface area contributed by atoms with E-state index in [1.807, 2.05) is 18.3 Å². The molecule has 3 aromatic rings. The van der Waals surface area contributed by atoms with Crippen molar-refractivity contribution < 1.29 is 0 Å². The van der Waals surface area contributed by atoms with Gasteiger partial charge in [0.1, 0.15) is 0 Å². The average molecular weight is 414 g/mol. The summed E-state index contributed by atoms with van der Waals surface area (Å²) in [4.78, 5) is 10.2. The maximum atomic E-state index is 4.89. The Kier molecular flexibility index (Phi) is 5.13. The van der Waals surface area contributed by atoms with Crippen molar-refractivity contribution in [2.75, 3.05) is 0 Å². The van der Waals surface area contributed by atoms with Crippen LogP contribution in [-0.2, 0) is 0 Å². The summed E-state index contributed by atoms with van der Waals surface area (Å²) in [5.74, 6) is 0. The smallest absolute Gasteiger partial charge is 0.190 e. The normalized spacial score (nSPS) is 16.3. The monoisotopic (exact) mass is 413 g/mol. The first-order valence-electron chi connectivity index (χ1n) is 8.72. The van der Waals surface area contributed by atoms with Crippen LogP contribution in [0.15, 0.2) is 63.6 Å². The molecule has 1 aliphatic rings. The fraction of sp³-hybridized carbons (Fsp3) is 0.300. The summed E-state index contributed by atoms with van der Waals surface area (Å²) in [5, 5.41) is 2.24. The Morgan fingerprint density at radius 1 is 1.08 bits per heavy atom. The molecule has 1 saturated carbocycles. The second kappa shape index (κ2) is 7.67. The number of hydrogen-bond donors (Lipinski definition) is 0. The van der Waals surface area contributed by atoms with Gasteiger partial charge in [0.05, 0.1) is 17.6 Å². The molecule has 128 valence electrons. The zero-order valence-corrected chi connectivity index (χ0v) is 16.3. The van der Waals surface area contributed by atoms with Crippen molar-refractivity contribution in [3.8, 4) is 11.3 Å². The van der Waals surface area contributed by atoms with Crippen LogP contribution >= 0.6 is 27.3 Å². The lowest BCUT2D eigenvalue weighted by atomic mass is 9.95. The number of thiazole rings is 1. The molecule has 2 aromatic heterocycles. The van der Waals surface area contributed by atoms with Crippen LogP contribution in [0.4, 0.5) is 5.69 Å². The van der Waals surface area contributed by atoms with Crippen LogP contribution in [0.3, 0.4) is 0 Å². The molecule has 2 heterocycles. The number of pyridine rings is 1. The number of benzene rings is 1. The third kappa shape index (κ3) is 3.77. The van der Waals surface area contributed by atoms with E-state index in [9.17, 15) is 0 Å². The Labute approximate surface area is 160 Å². The molecule has 4 rings (SSSR count). The van der Waals surface area contributed by atoms with Crippen molar-refractivity contribution in [2.24, 2.45) is 4.99 Å². The number of nitrogens with zero attached hydrogens (tertiary/aromatic N) is 3. The van der Waals surface area contributed by atoms with Gasteiger partial charge in [0, 0.05) is 22.1 Å². The van der Waals surface area contributed by atoms with Crippen molar-refractivity contribution >= 4 is 33.0 Å². The molecule has 0 aliphatic heterocycles.